The molecule has 0 spiro atoms. The normalized spacial score (nSPS) is 16.3. The second-order valence-corrected chi connectivity index (χ2v) is 4.67. The predicted octanol–water partition coefficient (Wildman–Crippen LogP) is 1.27. The van der Waals surface area contributed by atoms with Crippen molar-refractivity contribution >= 4 is 11.9 Å². The summed E-state index contributed by atoms with van der Waals surface area (Å²) in [4.78, 5) is 15.4. The van der Waals surface area contributed by atoms with Crippen molar-refractivity contribution in [3.8, 4) is 0 Å². The van der Waals surface area contributed by atoms with Crippen LogP contribution in [0.15, 0.2) is 0 Å². The second kappa shape index (κ2) is 4.88. The van der Waals surface area contributed by atoms with Crippen molar-refractivity contribution in [2.24, 2.45) is 5.41 Å². The number of rotatable bonds is 6. The Morgan fingerprint density at radius 3 is 2.44 bits per heavy atom. The van der Waals surface area contributed by atoms with Gasteiger partial charge in [0.05, 0.1) is 16.8 Å². The number of aliphatic carboxylic acids is 1. The minimum absolute atomic E-state index is 0.374. The van der Waals surface area contributed by atoms with Gasteiger partial charge < -0.3 is 10.4 Å². The molecule has 0 radical (unpaired) electrons. The number of carboxylic acid groups (broad SMARTS) is 1. The van der Waals surface area contributed by atoms with Gasteiger partial charge in [-0.3, -0.25) is 4.79 Å². The van der Waals surface area contributed by atoms with Gasteiger partial charge in [-0.15, -0.1) is 5.10 Å². The van der Waals surface area contributed by atoms with Crippen molar-refractivity contribution in [3.63, 3.8) is 0 Å². The number of anilines is 1. The Balaban J connectivity index is 2.04. The van der Waals surface area contributed by atoms with E-state index in [0.29, 0.717) is 12.5 Å². The van der Waals surface area contributed by atoms with Crippen LogP contribution in [0.4, 0.5) is 5.95 Å². The van der Waals surface area contributed by atoms with Crippen molar-refractivity contribution in [2.45, 2.75) is 39.5 Å². The van der Waals surface area contributed by atoms with Gasteiger partial charge >= 0.3 is 5.97 Å². The molecule has 0 unspecified atom stereocenters. The molecule has 0 aliphatic heterocycles. The third-order valence-corrected chi connectivity index (χ3v) is 3.40. The van der Waals surface area contributed by atoms with E-state index in [1.54, 1.807) is 0 Å². The lowest BCUT2D eigenvalue weighted by Gasteiger charge is -2.11. The zero-order valence-corrected chi connectivity index (χ0v) is 10.7. The van der Waals surface area contributed by atoms with Gasteiger partial charge in [0.2, 0.25) is 5.95 Å². The number of hydrogen-bond acceptors (Lipinski definition) is 5. The van der Waals surface area contributed by atoms with Crippen molar-refractivity contribution in [2.75, 3.05) is 11.9 Å². The minimum Gasteiger partial charge on any atom is -0.481 e. The highest BCUT2D eigenvalue weighted by Gasteiger charge is 2.50. The molecule has 6 nitrogen and oxygen atoms in total. The summed E-state index contributed by atoms with van der Waals surface area (Å²) in [6, 6.07) is 0. The van der Waals surface area contributed by atoms with E-state index >= 15 is 0 Å². The lowest BCUT2D eigenvalue weighted by molar-refractivity contribution is -0.142. The number of nitrogens with zero attached hydrogens (tertiary/aromatic N) is 3. The molecule has 1 aromatic rings. The summed E-state index contributed by atoms with van der Waals surface area (Å²) in [7, 11) is 0. The quantitative estimate of drug-likeness (QED) is 0.790. The van der Waals surface area contributed by atoms with E-state index < -0.39 is 11.4 Å². The van der Waals surface area contributed by atoms with Crippen molar-refractivity contribution < 1.29 is 9.90 Å². The summed E-state index contributed by atoms with van der Waals surface area (Å²) < 4.78 is 0. The van der Waals surface area contributed by atoms with Crippen LogP contribution in [-0.4, -0.2) is 32.8 Å². The zero-order valence-electron chi connectivity index (χ0n) is 10.7. The summed E-state index contributed by atoms with van der Waals surface area (Å²) >= 11 is 0. The van der Waals surface area contributed by atoms with Crippen LogP contribution in [0.2, 0.25) is 0 Å². The second-order valence-electron chi connectivity index (χ2n) is 4.67. The fourth-order valence-electron chi connectivity index (χ4n) is 1.88. The molecule has 98 valence electrons. The van der Waals surface area contributed by atoms with Crippen LogP contribution < -0.4 is 5.32 Å². The van der Waals surface area contributed by atoms with Gasteiger partial charge in [0.25, 0.3) is 0 Å². The summed E-state index contributed by atoms with van der Waals surface area (Å²) in [6.45, 7) is 4.41. The van der Waals surface area contributed by atoms with E-state index in [1.165, 1.54) is 0 Å². The van der Waals surface area contributed by atoms with Crippen LogP contribution in [0.25, 0.3) is 0 Å². The monoisotopic (exact) mass is 250 g/mol. The molecule has 2 N–H and O–H groups in total. The van der Waals surface area contributed by atoms with Crippen LogP contribution in [0.3, 0.4) is 0 Å². The van der Waals surface area contributed by atoms with Crippen LogP contribution >= 0.6 is 0 Å². The highest BCUT2D eigenvalue weighted by Crippen LogP contribution is 2.45. The topological polar surface area (TPSA) is 88.0 Å². The summed E-state index contributed by atoms with van der Waals surface area (Å²) in [5, 5.41) is 20.2. The van der Waals surface area contributed by atoms with E-state index in [1.807, 2.05) is 13.8 Å². The zero-order chi connectivity index (χ0) is 13.2. The van der Waals surface area contributed by atoms with Gasteiger partial charge in [-0.25, -0.2) is 4.98 Å². The van der Waals surface area contributed by atoms with Gasteiger partial charge in [0.15, 0.2) is 0 Å². The molecule has 1 aliphatic carbocycles. The van der Waals surface area contributed by atoms with E-state index in [0.717, 1.165) is 37.1 Å². The Hall–Kier alpha value is -1.72. The maximum absolute atomic E-state index is 11.0. The first-order valence-electron chi connectivity index (χ1n) is 6.31. The van der Waals surface area contributed by atoms with Crippen molar-refractivity contribution in [3.05, 3.63) is 11.4 Å². The van der Waals surface area contributed by atoms with E-state index in [9.17, 15) is 4.79 Å². The van der Waals surface area contributed by atoms with E-state index in [4.69, 9.17) is 5.11 Å². The number of carboxylic acids is 1. The minimum atomic E-state index is -0.746. The van der Waals surface area contributed by atoms with Gasteiger partial charge in [0, 0.05) is 6.54 Å². The average Bonchev–Trinajstić information content (AvgIpc) is 3.17. The number of aryl methyl sites for hydroxylation is 2. The molecule has 1 aromatic heterocycles. The largest absolute Gasteiger partial charge is 0.481 e. The molecule has 6 heteroatoms. The molecule has 18 heavy (non-hydrogen) atoms. The molecule has 0 atom stereocenters. The molecule has 1 fully saturated rings. The lowest BCUT2D eigenvalue weighted by atomic mass is 10.1. The predicted molar refractivity (Wildman–Crippen MR) is 66.4 cm³/mol. The fourth-order valence-corrected chi connectivity index (χ4v) is 1.88. The summed E-state index contributed by atoms with van der Waals surface area (Å²) in [5.74, 6) is -0.319. The summed E-state index contributed by atoms with van der Waals surface area (Å²) in [5.41, 5.74) is 1.22. The van der Waals surface area contributed by atoms with Crippen LogP contribution in [0, 0.1) is 5.41 Å². The molecular weight excluding hydrogens is 232 g/mol. The number of carbonyl (C=O) groups is 1. The molecule has 1 saturated carbocycles. The highest BCUT2D eigenvalue weighted by atomic mass is 16.4. The molecule has 0 amide bonds. The molecule has 0 saturated heterocycles. The smallest absolute Gasteiger partial charge is 0.311 e. The van der Waals surface area contributed by atoms with E-state index in [2.05, 4.69) is 20.5 Å². The Kier molecular flexibility index (Phi) is 3.45. The van der Waals surface area contributed by atoms with Gasteiger partial charge in [-0.05, 0) is 25.7 Å². The van der Waals surface area contributed by atoms with Crippen molar-refractivity contribution in [1.29, 1.82) is 0 Å². The summed E-state index contributed by atoms with van der Waals surface area (Å²) in [6.07, 6.45) is 3.05. The maximum atomic E-state index is 11.0. The van der Waals surface area contributed by atoms with Crippen LogP contribution in [-0.2, 0) is 17.6 Å². The molecular formula is C12H18N4O2. The average molecular weight is 250 g/mol. The Bertz CT molecular complexity index is 457. The third-order valence-electron chi connectivity index (χ3n) is 3.40. The van der Waals surface area contributed by atoms with E-state index in [-0.39, 0.29) is 0 Å². The Morgan fingerprint density at radius 2 is 1.94 bits per heavy atom. The molecule has 1 heterocycles. The van der Waals surface area contributed by atoms with Crippen LogP contribution in [0.5, 0.6) is 0 Å². The molecule has 0 bridgehead atoms. The maximum Gasteiger partial charge on any atom is 0.311 e. The third kappa shape index (κ3) is 2.42. The SMILES string of the molecule is CCc1nnc(NCC2(C(=O)O)CC2)nc1CC. The number of aromatic nitrogens is 3. The van der Waals surface area contributed by atoms with Gasteiger partial charge in [-0.1, -0.05) is 13.8 Å². The first kappa shape index (κ1) is 12.7. The fraction of sp³-hybridized carbons (Fsp3) is 0.667. The number of nitrogens with one attached hydrogen (secondary N) is 1. The molecule has 1 aliphatic rings. The Labute approximate surface area is 106 Å². The van der Waals surface area contributed by atoms with Crippen LogP contribution in [0.1, 0.15) is 38.1 Å². The highest BCUT2D eigenvalue weighted by molar-refractivity contribution is 5.78. The first-order chi connectivity index (χ1) is 8.61. The van der Waals surface area contributed by atoms with Crippen molar-refractivity contribution in [1.82, 2.24) is 15.2 Å². The lowest BCUT2D eigenvalue weighted by Crippen LogP contribution is -2.25. The van der Waals surface area contributed by atoms with Gasteiger partial charge in [0.1, 0.15) is 0 Å². The molecule has 2 rings (SSSR count). The molecule has 0 aromatic carbocycles. The Morgan fingerprint density at radius 1 is 1.28 bits per heavy atom. The number of hydrogen-bond donors (Lipinski definition) is 2. The standard InChI is InChI=1S/C12H18N4O2/c1-3-8-9(4-2)15-16-11(14-8)13-7-12(5-6-12)10(17)18/h3-7H2,1-2H3,(H,17,18)(H,13,14,16). The van der Waals surface area contributed by atoms with Gasteiger partial charge in [-0.2, -0.15) is 5.10 Å². The first-order valence-corrected chi connectivity index (χ1v) is 6.31.